The van der Waals surface area contributed by atoms with Gasteiger partial charge in [-0.25, -0.2) is 0 Å². The van der Waals surface area contributed by atoms with Gasteiger partial charge in [0.2, 0.25) is 0 Å². The van der Waals surface area contributed by atoms with Crippen LogP contribution >= 0.6 is 0 Å². The second-order valence-corrected chi connectivity index (χ2v) is 4.39. The SMILES string of the molecule is CCCCCCS(=O)CCN. The van der Waals surface area contributed by atoms with E-state index in [1.165, 1.54) is 19.3 Å². The van der Waals surface area contributed by atoms with Crippen molar-refractivity contribution in [2.24, 2.45) is 5.73 Å². The van der Waals surface area contributed by atoms with E-state index in [1.807, 2.05) is 0 Å². The lowest BCUT2D eigenvalue weighted by Gasteiger charge is -1.98. The monoisotopic (exact) mass is 177 g/mol. The molecule has 11 heavy (non-hydrogen) atoms. The Kier molecular flexibility index (Phi) is 8.29. The van der Waals surface area contributed by atoms with Crippen molar-refractivity contribution in [3.63, 3.8) is 0 Å². The second kappa shape index (κ2) is 8.21. The van der Waals surface area contributed by atoms with Crippen LogP contribution in [0.5, 0.6) is 0 Å². The van der Waals surface area contributed by atoms with Gasteiger partial charge < -0.3 is 5.73 Å². The van der Waals surface area contributed by atoms with E-state index in [2.05, 4.69) is 6.92 Å². The lowest BCUT2D eigenvalue weighted by atomic mass is 10.2. The lowest BCUT2D eigenvalue weighted by molar-refractivity contribution is 0.668. The first kappa shape index (κ1) is 11.1. The lowest BCUT2D eigenvalue weighted by Crippen LogP contribution is -2.12. The van der Waals surface area contributed by atoms with Gasteiger partial charge in [-0.15, -0.1) is 0 Å². The molecule has 0 aliphatic heterocycles. The van der Waals surface area contributed by atoms with Crippen LogP contribution in [-0.2, 0) is 10.8 Å². The smallest absolute Gasteiger partial charge is 0.0357 e. The standard InChI is InChI=1S/C8H19NOS/c1-2-3-4-5-7-11(10)8-6-9/h2-9H2,1H3. The fourth-order valence-corrected chi connectivity index (χ4v) is 1.92. The van der Waals surface area contributed by atoms with Crippen molar-refractivity contribution in [1.29, 1.82) is 0 Å². The summed E-state index contributed by atoms with van der Waals surface area (Å²) >= 11 is 0. The normalized spacial score (nSPS) is 13.3. The molecular weight excluding hydrogens is 158 g/mol. The minimum atomic E-state index is -0.649. The van der Waals surface area contributed by atoms with E-state index < -0.39 is 10.8 Å². The van der Waals surface area contributed by atoms with Crippen LogP contribution in [0.4, 0.5) is 0 Å². The highest BCUT2D eigenvalue weighted by atomic mass is 32.2. The predicted octanol–water partition coefficient (Wildman–Crippen LogP) is 1.27. The average Bonchev–Trinajstić information content (AvgIpc) is 1.99. The Labute approximate surface area is 72.0 Å². The first-order valence-electron chi connectivity index (χ1n) is 4.36. The quantitative estimate of drug-likeness (QED) is 0.595. The number of hydrogen-bond donors (Lipinski definition) is 1. The maximum Gasteiger partial charge on any atom is 0.0357 e. The average molecular weight is 177 g/mol. The molecule has 0 spiro atoms. The van der Waals surface area contributed by atoms with Gasteiger partial charge >= 0.3 is 0 Å². The van der Waals surface area contributed by atoms with E-state index in [0.717, 1.165) is 12.2 Å². The fraction of sp³-hybridized carbons (Fsp3) is 1.00. The van der Waals surface area contributed by atoms with Crippen LogP contribution in [0.1, 0.15) is 32.6 Å². The zero-order valence-corrected chi connectivity index (χ0v) is 8.16. The molecule has 0 aliphatic rings. The number of rotatable bonds is 7. The third-order valence-corrected chi connectivity index (χ3v) is 3.01. The van der Waals surface area contributed by atoms with Crippen molar-refractivity contribution in [1.82, 2.24) is 0 Å². The van der Waals surface area contributed by atoms with E-state index >= 15 is 0 Å². The summed E-state index contributed by atoms with van der Waals surface area (Å²) < 4.78 is 11.0. The van der Waals surface area contributed by atoms with Crippen molar-refractivity contribution in [3.8, 4) is 0 Å². The topological polar surface area (TPSA) is 43.1 Å². The Morgan fingerprint density at radius 2 is 1.91 bits per heavy atom. The maximum absolute atomic E-state index is 11.0. The molecule has 0 aromatic rings. The van der Waals surface area contributed by atoms with Crippen LogP contribution in [0.3, 0.4) is 0 Å². The summed E-state index contributed by atoms with van der Waals surface area (Å²) in [4.78, 5) is 0. The van der Waals surface area contributed by atoms with Gasteiger partial charge in [-0.05, 0) is 6.42 Å². The summed E-state index contributed by atoms with van der Waals surface area (Å²) in [6.45, 7) is 2.73. The van der Waals surface area contributed by atoms with E-state index in [9.17, 15) is 4.21 Å². The third kappa shape index (κ3) is 8.01. The van der Waals surface area contributed by atoms with Crippen molar-refractivity contribution < 1.29 is 4.21 Å². The molecule has 0 rings (SSSR count). The molecule has 0 heterocycles. The summed E-state index contributed by atoms with van der Waals surface area (Å²) in [6, 6.07) is 0. The molecule has 0 saturated carbocycles. The van der Waals surface area contributed by atoms with E-state index in [4.69, 9.17) is 5.73 Å². The van der Waals surface area contributed by atoms with Crippen LogP contribution in [-0.4, -0.2) is 22.3 Å². The Hall–Kier alpha value is 0.110. The summed E-state index contributed by atoms with van der Waals surface area (Å²) in [5.41, 5.74) is 5.27. The van der Waals surface area contributed by atoms with E-state index in [0.29, 0.717) is 12.3 Å². The largest absolute Gasteiger partial charge is 0.330 e. The van der Waals surface area contributed by atoms with Gasteiger partial charge in [0.1, 0.15) is 0 Å². The molecule has 0 bridgehead atoms. The van der Waals surface area contributed by atoms with Gasteiger partial charge in [0.05, 0.1) is 0 Å². The van der Waals surface area contributed by atoms with E-state index in [-0.39, 0.29) is 0 Å². The summed E-state index contributed by atoms with van der Waals surface area (Å²) in [7, 11) is -0.649. The van der Waals surface area contributed by atoms with Crippen LogP contribution in [0.25, 0.3) is 0 Å². The molecule has 0 aromatic carbocycles. The molecule has 0 aromatic heterocycles. The number of hydrogen-bond acceptors (Lipinski definition) is 2. The van der Waals surface area contributed by atoms with Gasteiger partial charge in [0, 0.05) is 28.9 Å². The first-order chi connectivity index (χ1) is 5.31. The van der Waals surface area contributed by atoms with Crippen LogP contribution < -0.4 is 5.73 Å². The summed E-state index contributed by atoms with van der Waals surface area (Å²) in [5, 5.41) is 0. The highest BCUT2D eigenvalue weighted by Gasteiger charge is 1.96. The van der Waals surface area contributed by atoms with Gasteiger partial charge in [-0.1, -0.05) is 26.2 Å². The van der Waals surface area contributed by atoms with E-state index in [1.54, 1.807) is 0 Å². The Morgan fingerprint density at radius 1 is 1.18 bits per heavy atom. The molecule has 1 atom stereocenters. The highest BCUT2D eigenvalue weighted by molar-refractivity contribution is 7.84. The maximum atomic E-state index is 11.0. The van der Waals surface area contributed by atoms with Crippen molar-refractivity contribution >= 4 is 10.8 Å². The molecule has 1 unspecified atom stereocenters. The molecule has 0 fully saturated rings. The number of unbranched alkanes of at least 4 members (excludes halogenated alkanes) is 3. The zero-order chi connectivity index (χ0) is 8.53. The van der Waals surface area contributed by atoms with Crippen molar-refractivity contribution in [2.75, 3.05) is 18.1 Å². The Bertz CT molecular complexity index is 106. The minimum Gasteiger partial charge on any atom is -0.330 e. The van der Waals surface area contributed by atoms with Gasteiger partial charge in [0.15, 0.2) is 0 Å². The molecular formula is C8H19NOS. The molecule has 0 saturated heterocycles. The highest BCUT2D eigenvalue weighted by Crippen LogP contribution is 1.99. The third-order valence-electron chi connectivity index (χ3n) is 1.57. The second-order valence-electron chi connectivity index (χ2n) is 2.70. The first-order valence-corrected chi connectivity index (χ1v) is 5.85. The molecule has 68 valence electrons. The number of nitrogens with two attached hydrogens (primary N) is 1. The van der Waals surface area contributed by atoms with Crippen molar-refractivity contribution in [3.05, 3.63) is 0 Å². The van der Waals surface area contributed by atoms with Crippen LogP contribution in [0, 0.1) is 0 Å². The molecule has 0 amide bonds. The molecule has 0 aliphatic carbocycles. The van der Waals surface area contributed by atoms with Gasteiger partial charge in [0.25, 0.3) is 0 Å². The zero-order valence-electron chi connectivity index (χ0n) is 7.34. The molecule has 0 radical (unpaired) electrons. The molecule has 2 N–H and O–H groups in total. The Balaban J connectivity index is 3.04. The summed E-state index contributed by atoms with van der Waals surface area (Å²) in [5.74, 6) is 1.52. The van der Waals surface area contributed by atoms with Crippen LogP contribution in [0.15, 0.2) is 0 Å². The fourth-order valence-electron chi connectivity index (χ4n) is 0.923. The molecule has 3 heteroatoms. The Morgan fingerprint density at radius 3 is 2.45 bits per heavy atom. The minimum absolute atomic E-state index is 0.556. The van der Waals surface area contributed by atoms with Crippen LogP contribution in [0.2, 0.25) is 0 Å². The predicted molar refractivity (Wildman–Crippen MR) is 51.1 cm³/mol. The van der Waals surface area contributed by atoms with Gasteiger partial charge in [-0.3, -0.25) is 4.21 Å². The van der Waals surface area contributed by atoms with Gasteiger partial charge in [-0.2, -0.15) is 0 Å². The molecule has 2 nitrogen and oxygen atoms in total. The summed E-state index contributed by atoms with van der Waals surface area (Å²) in [6.07, 6.45) is 4.82. The van der Waals surface area contributed by atoms with Crippen molar-refractivity contribution in [2.45, 2.75) is 32.6 Å².